The summed E-state index contributed by atoms with van der Waals surface area (Å²) in [7, 11) is 0. The number of carbonyl (C=O) groups is 1. The van der Waals surface area contributed by atoms with E-state index in [1.165, 1.54) is 0 Å². The molecule has 0 aliphatic rings. The number of rotatable bonds is 5. The van der Waals surface area contributed by atoms with Crippen LogP contribution in [0.4, 0.5) is 0 Å². The predicted molar refractivity (Wildman–Crippen MR) is 55.3 cm³/mol. The molecule has 0 bridgehead atoms. The maximum atomic E-state index is 10.2. The third-order valence-electron chi connectivity index (χ3n) is 1.56. The van der Waals surface area contributed by atoms with Crippen molar-refractivity contribution in [1.82, 2.24) is 0 Å². The maximum Gasteiger partial charge on any atom is 0.341 e. The third-order valence-corrected chi connectivity index (χ3v) is 1.56. The molecule has 4 nitrogen and oxygen atoms in total. The van der Waals surface area contributed by atoms with Gasteiger partial charge in [0.1, 0.15) is 11.5 Å². The van der Waals surface area contributed by atoms with E-state index < -0.39 is 5.97 Å². The highest BCUT2D eigenvalue weighted by Gasteiger charge is 2.00. The molecule has 0 radical (unpaired) electrons. The molecule has 1 aromatic rings. The van der Waals surface area contributed by atoms with Gasteiger partial charge in [0.05, 0.1) is 6.10 Å². The molecule has 82 valence electrons. The van der Waals surface area contributed by atoms with Crippen molar-refractivity contribution >= 4 is 5.97 Å². The van der Waals surface area contributed by atoms with Gasteiger partial charge in [-0.25, -0.2) is 4.79 Å². The zero-order chi connectivity index (χ0) is 11.3. The summed E-state index contributed by atoms with van der Waals surface area (Å²) in [6.07, 6.45) is 0.121. The van der Waals surface area contributed by atoms with Crippen LogP contribution in [0.1, 0.15) is 13.8 Å². The van der Waals surface area contributed by atoms with Crippen LogP contribution in [-0.2, 0) is 4.79 Å². The van der Waals surface area contributed by atoms with Crippen LogP contribution in [0.15, 0.2) is 24.3 Å². The first kappa shape index (κ1) is 11.4. The minimum Gasteiger partial charge on any atom is -0.491 e. The van der Waals surface area contributed by atoms with Crippen molar-refractivity contribution in [3.05, 3.63) is 24.3 Å². The van der Waals surface area contributed by atoms with Crippen LogP contribution in [-0.4, -0.2) is 23.8 Å². The number of benzene rings is 1. The normalized spacial score (nSPS) is 10.1. The molecule has 1 aromatic carbocycles. The molecule has 0 saturated carbocycles. The number of aliphatic carboxylic acids is 1. The Labute approximate surface area is 88.4 Å². The Morgan fingerprint density at radius 3 is 2.27 bits per heavy atom. The molecule has 0 aromatic heterocycles. The van der Waals surface area contributed by atoms with E-state index in [9.17, 15) is 4.79 Å². The van der Waals surface area contributed by atoms with Gasteiger partial charge >= 0.3 is 5.97 Å². The van der Waals surface area contributed by atoms with Crippen molar-refractivity contribution in [3.63, 3.8) is 0 Å². The van der Waals surface area contributed by atoms with E-state index in [0.717, 1.165) is 5.75 Å². The summed E-state index contributed by atoms with van der Waals surface area (Å²) < 4.78 is 10.4. The van der Waals surface area contributed by atoms with Gasteiger partial charge in [0.2, 0.25) is 0 Å². The van der Waals surface area contributed by atoms with Gasteiger partial charge < -0.3 is 14.6 Å². The molecule has 0 amide bonds. The van der Waals surface area contributed by atoms with Crippen molar-refractivity contribution in [1.29, 1.82) is 0 Å². The minimum atomic E-state index is -0.988. The fraction of sp³-hybridized carbons (Fsp3) is 0.364. The Hall–Kier alpha value is -1.71. The van der Waals surface area contributed by atoms with Crippen molar-refractivity contribution < 1.29 is 19.4 Å². The molecule has 1 N–H and O–H groups in total. The molecule has 4 heteroatoms. The summed E-state index contributed by atoms with van der Waals surface area (Å²) in [6.45, 7) is 3.55. The van der Waals surface area contributed by atoms with Gasteiger partial charge in [0.15, 0.2) is 6.61 Å². The molecule has 0 heterocycles. The van der Waals surface area contributed by atoms with Crippen LogP contribution in [0, 0.1) is 0 Å². The molecule has 15 heavy (non-hydrogen) atoms. The summed E-state index contributed by atoms with van der Waals surface area (Å²) in [4.78, 5) is 10.2. The molecule has 0 saturated heterocycles. The Morgan fingerprint density at radius 2 is 1.80 bits per heavy atom. The standard InChI is InChI=1S/C11H14O4/c1-8(2)15-10-5-3-9(4-6-10)14-7-11(12)13/h3-6,8H,7H2,1-2H3,(H,12,13). The quantitative estimate of drug-likeness (QED) is 0.806. The highest BCUT2D eigenvalue weighted by molar-refractivity contribution is 5.68. The Bertz CT molecular complexity index is 316. The van der Waals surface area contributed by atoms with Crippen molar-refractivity contribution in [3.8, 4) is 11.5 Å². The lowest BCUT2D eigenvalue weighted by Gasteiger charge is -2.10. The van der Waals surface area contributed by atoms with Gasteiger partial charge in [0, 0.05) is 0 Å². The van der Waals surface area contributed by atoms with Gasteiger partial charge in [-0.3, -0.25) is 0 Å². The second-order valence-electron chi connectivity index (χ2n) is 3.32. The molecule has 1 rings (SSSR count). The minimum absolute atomic E-state index is 0.121. The van der Waals surface area contributed by atoms with Crippen LogP contribution >= 0.6 is 0 Å². The molecule has 0 unspecified atom stereocenters. The predicted octanol–water partition coefficient (Wildman–Crippen LogP) is 1.94. The molecule has 0 aliphatic carbocycles. The Kier molecular flexibility index (Phi) is 3.97. The van der Waals surface area contributed by atoms with Crippen LogP contribution in [0.5, 0.6) is 11.5 Å². The zero-order valence-electron chi connectivity index (χ0n) is 8.77. The summed E-state index contributed by atoms with van der Waals surface area (Å²) in [5, 5.41) is 8.40. The van der Waals surface area contributed by atoms with Gasteiger partial charge in [-0.1, -0.05) is 0 Å². The van der Waals surface area contributed by atoms with E-state index in [4.69, 9.17) is 14.6 Å². The number of hydrogen-bond donors (Lipinski definition) is 1. The molecule has 0 atom stereocenters. The average molecular weight is 210 g/mol. The number of ether oxygens (including phenoxy) is 2. The third kappa shape index (κ3) is 4.35. The van der Waals surface area contributed by atoms with Crippen molar-refractivity contribution in [2.45, 2.75) is 20.0 Å². The van der Waals surface area contributed by atoms with Crippen LogP contribution in [0.3, 0.4) is 0 Å². The average Bonchev–Trinajstić information content (AvgIpc) is 2.16. The fourth-order valence-electron chi connectivity index (χ4n) is 1.03. The molecular formula is C11H14O4. The van der Waals surface area contributed by atoms with E-state index in [-0.39, 0.29) is 12.7 Å². The van der Waals surface area contributed by atoms with Crippen molar-refractivity contribution in [2.75, 3.05) is 6.61 Å². The second kappa shape index (κ2) is 5.24. The van der Waals surface area contributed by atoms with Crippen LogP contribution in [0.25, 0.3) is 0 Å². The monoisotopic (exact) mass is 210 g/mol. The van der Waals surface area contributed by atoms with E-state index >= 15 is 0 Å². The maximum absolute atomic E-state index is 10.2. The number of hydrogen-bond acceptors (Lipinski definition) is 3. The number of carboxylic acids is 1. The number of carboxylic acid groups (broad SMARTS) is 1. The lowest BCUT2D eigenvalue weighted by atomic mass is 10.3. The lowest BCUT2D eigenvalue weighted by molar-refractivity contribution is -0.139. The van der Waals surface area contributed by atoms with Gasteiger partial charge in [-0.15, -0.1) is 0 Å². The first-order valence-corrected chi connectivity index (χ1v) is 4.69. The van der Waals surface area contributed by atoms with Crippen LogP contribution in [0.2, 0.25) is 0 Å². The zero-order valence-corrected chi connectivity index (χ0v) is 8.77. The van der Waals surface area contributed by atoms with E-state index in [0.29, 0.717) is 5.75 Å². The first-order chi connectivity index (χ1) is 7.08. The molecular weight excluding hydrogens is 196 g/mol. The molecule has 0 aliphatic heterocycles. The summed E-state index contributed by atoms with van der Waals surface area (Å²) in [5.41, 5.74) is 0. The largest absolute Gasteiger partial charge is 0.491 e. The Balaban J connectivity index is 2.52. The van der Waals surface area contributed by atoms with Gasteiger partial charge in [-0.2, -0.15) is 0 Å². The summed E-state index contributed by atoms with van der Waals surface area (Å²) >= 11 is 0. The topological polar surface area (TPSA) is 55.8 Å². The SMILES string of the molecule is CC(C)Oc1ccc(OCC(=O)O)cc1. The first-order valence-electron chi connectivity index (χ1n) is 4.69. The van der Waals surface area contributed by atoms with Crippen LogP contribution < -0.4 is 9.47 Å². The van der Waals surface area contributed by atoms with Crippen molar-refractivity contribution in [2.24, 2.45) is 0 Å². The molecule has 0 fully saturated rings. The van der Waals surface area contributed by atoms with E-state index in [2.05, 4.69) is 0 Å². The van der Waals surface area contributed by atoms with Gasteiger partial charge in [-0.05, 0) is 38.1 Å². The fourth-order valence-corrected chi connectivity index (χ4v) is 1.03. The summed E-state index contributed by atoms with van der Waals surface area (Å²) in [5.74, 6) is 0.277. The highest BCUT2D eigenvalue weighted by atomic mass is 16.5. The van der Waals surface area contributed by atoms with E-state index in [1.807, 2.05) is 13.8 Å². The van der Waals surface area contributed by atoms with Gasteiger partial charge in [0.25, 0.3) is 0 Å². The highest BCUT2D eigenvalue weighted by Crippen LogP contribution is 2.18. The smallest absolute Gasteiger partial charge is 0.341 e. The second-order valence-corrected chi connectivity index (χ2v) is 3.32. The molecule has 0 spiro atoms. The summed E-state index contributed by atoms with van der Waals surface area (Å²) in [6, 6.07) is 6.86. The lowest BCUT2D eigenvalue weighted by Crippen LogP contribution is -2.09. The Morgan fingerprint density at radius 1 is 1.27 bits per heavy atom. The van der Waals surface area contributed by atoms with E-state index in [1.54, 1.807) is 24.3 Å².